The molecule has 0 spiro atoms. The minimum absolute atomic E-state index is 0.351. The second kappa shape index (κ2) is 5.72. The van der Waals surface area contributed by atoms with Crippen molar-refractivity contribution in [3.8, 4) is 0 Å². The van der Waals surface area contributed by atoms with E-state index in [0.29, 0.717) is 0 Å². The van der Waals surface area contributed by atoms with Gasteiger partial charge >= 0.3 is 0 Å². The van der Waals surface area contributed by atoms with Crippen molar-refractivity contribution in [2.24, 2.45) is 5.73 Å². The smallest absolute Gasteiger partial charge is 0.0422 e. The van der Waals surface area contributed by atoms with Gasteiger partial charge in [-0.05, 0) is 71.3 Å². The lowest BCUT2D eigenvalue weighted by Gasteiger charge is -2.25. The van der Waals surface area contributed by atoms with Crippen molar-refractivity contribution in [3.63, 3.8) is 0 Å². The summed E-state index contributed by atoms with van der Waals surface area (Å²) in [6, 6.07) is 16.7. The van der Waals surface area contributed by atoms with E-state index in [4.69, 9.17) is 5.73 Å². The molecule has 0 bridgehead atoms. The Morgan fingerprint density at radius 2 is 1.83 bits per heavy atom. The van der Waals surface area contributed by atoms with Crippen LogP contribution in [-0.4, -0.2) is 0 Å². The van der Waals surface area contributed by atoms with E-state index in [0.717, 1.165) is 16.5 Å². The zero-order chi connectivity index (χ0) is 13.2. The van der Waals surface area contributed by atoms with Crippen molar-refractivity contribution in [1.29, 1.82) is 0 Å². The number of hydrogen-bond donors (Lipinski definition) is 1. The van der Waals surface area contributed by atoms with E-state index >= 15 is 0 Å². The lowest BCUT2D eigenvalue weighted by molar-refractivity contribution is 0.491. The standard InChI is InChI=1S/C15H15BrIN/c1-15(18,12-3-2-4-13(16)9-12)10-11-5-7-14(17)8-6-11/h2-9H,10,18H2,1H3. The topological polar surface area (TPSA) is 26.0 Å². The van der Waals surface area contributed by atoms with E-state index in [1.807, 2.05) is 12.1 Å². The molecular formula is C15H15BrIN. The lowest BCUT2D eigenvalue weighted by atomic mass is 9.87. The fraction of sp³-hybridized carbons (Fsp3) is 0.200. The van der Waals surface area contributed by atoms with Gasteiger partial charge in [0.05, 0.1) is 0 Å². The molecule has 3 heteroatoms. The van der Waals surface area contributed by atoms with Crippen LogP contribution in [0.4, 0.5) is 0 Å². The molecule has 94 valence electrons. The predicted molar refractivity (Wildman–Crippen MR) is 88.5 cm³/mol. The number of halogens is 2. The molecule has 2 N–H and O–H groups in total. The summed E-state index contributed by atoms with van der Waals surface area (Å²) in [6.07, 6.45) is 0.834. The minimum Gasteiger partial charge on any atom is -0.321 e. The Morgan fingerprint density at radius 1 is 1.17 bits per heavy atom. The summed E-state index contributed by atoms with van der Waals surface area (Å²) in [4.78, 5) is 0. The molecule has 18 heavy (non-hydrogen) atoms. The van der Waals surface area contributed by atoms with Gasteiger partial charge in [0.1, 0.15) is 0 Å². The average molecular weight is 416 g/mol. The van der Waals surface area contributed by atoms with Gasteiger partial charge in [-0.2, -0.15) is 0 Å². The normalized spacial score (nSPS) is 14.2. The van der Waals surface area contributed by atoms with Crippen LogP contribution in [0.25, 0.3) is 0 Å². The number of benzene rings is 2. The largest absolute Gasteiger partial charge is 0.321 e. The van der Waals surface area contributed by atoms with Crippen LogP contribution in [0.3, 0.4) is 0 Å². The van der Waals surface area contributed by atoms with Crippen LogP contribution in [-0.2, 0) is 12.0 Å². The maximum absolute atomic E-state index is 6.45. The molecule has 0 amide bonds. The first-order chi connectivity index (χ1) is 8.47. The first kappa shape index (κ1) is 14.0. The van der Waals surface area contributed by atoms with Crippen LogP contribution < -0.4 is 5.73 Å². The summed E-state index contributed by atoms with van der Waals surface area (Å²) >= 11 is 5.81. The summed E-state index contributed by atoms with van der Waals surface area (Å²) in [7, 11) is 0. The van der Waals surface area contributed by atoms with Crippen LogP contribution in [0.1, 0.15) is 18.1 Å². The quantitative estimate of drug-likeness (QED) is 0.735. The highest BCUT2D eigenvalue weighted by Crippen LogP contribution is 2.25. The molecule has 1 atom stereocenters. The highest BCUT2D eigenvalue weighted by Gasteiger charge is 2.21. The van der Waals surface area contributed by atoms with E-state index in [1.54, 1.807) is 0 Å². The molecule has 0 aliphatic rings. The highest BCUT2D eigenvalue weighted by molar-refractivity contribution is 14.1. The molecule has 1 nitrogen and oxygen atoms in total. The second-order valence-electron chi connectivity index (χ2n) is 4.73. The Labute approximate surface area is 130 Å². The van der Waals surface area contributed by atoms with Gasteiger partial charge in [-0.1, -0.05) is 40.2 Å². The summed E-state index contributed by atoms with van der Waals surface area (Å²) in [6.45, 7) is 2.08. The maximum atomic E-state index is 6.45. The van der Waals surface area contributed by atoms with Crippen LogP contribution in [0.5, 0.6) is 0 Å². The first-order valence-electron chi connectivity index (χ1n) is 5.77. The molecule has 1 unspecified atom stereocenters. The summed E-state index contributed by atoms with van der Waals surface area (Å²) < 4.78 is 2.32. The van der Waals surface area contributed by atoms with Crippen LogP contribution in [0, 0.1) is 3.57 Å². The Hall–Kier alpha value is -0.390. The molecule has 0 fully saturated rings. The Kier molecular flexibility index (Phi) is 4.45. The molecule has 2 rings (SSSR count). The summed E-state index contributed by atoms with van der Waals surface area (Å²) in [5.74, 6) is 0. The van der Waals surface area contributed by atoms with Crippen LogP contribution >= 0.6 is 38.5 Å². The lowest BCUT2D eigenvalue weighted by Crippen LogP contribution is -2.35. The fourth-order valence-electron chi connectivity index (χ4n) is 1.97. The molecule has 0 aromatic heterocycles. The molecule has 2 aromatic rings. The molecule has 0 aliphatic heterocycles. The van der Waals surface area contributed by atoms with Crippen LogP contribution in [0.15, 0.2) is 53.0 Å². The highest BCUT2D eigenvalue weighted by atomic mass is 127. The first-order valence-corrected chi connectivity index (χ1v) is 7.64. The molecule has 0 radical (unpaired) electrons. The molecule has 2 aromatic carbocycles. The Morgan fingerprint density at radius 3 is 2.44 bits per heavy atom. The van der Waals surface area contributed by atoms with Crippen molar-refractivity contribution in [1.82, 2.24) is 0 Å². The molecule has 0 aliphatic carbocycles. The van der Waals surface area contributed by atoms with Gasteiger partial charge < -0.3 is 5.73 Å². The van der Waals surface area contributed by atoms with Gasteiger partial charge in [-0.3, -0.25) is 0 Å². The zero-order valence-electron chi connectivity index (χ0n) is 10.2. The second-order valence-corrected chi connectivity index (χ2v) is 6.89. The van der Waals surface area contributed by atoms with E-state index in [-0.39, 0.29) is 5.54 Å². The SMILES string of the molecule is CC(N)(Cc1ccc(I)cc1)c1cccc(Br)c1. The van der Waals surface area contributed by atoms with Gasteiger partial charge in [0.25, 0.3) is 0 Å². The van der Waals surface area contributed by atoms with Gasteiger partial charge in [-0.25, -0.2) is 0 Å². The number of nitrogens with two attached hydrogens (primary N) is 1. The number of hydrogen-bond acceptors (Lipinski definition) is 1. The molecule has 0 saturated heterocycles. The zero-order valence-corrected chi connectivity index (χ0v) is 13.9. The summed E-state index contributed by atoms with van der Waals surface area (Å²) in [5.41, 5.74) is 8.52. The van der Waals surface area contributed by atoms with Crippen molar-refractivity contribution >= 4 is 38.5 Å². The third-order valence-corrected chi connectivity index (χ3v) is 4.18. The van der Waals surface area contributed by atoms with Crippen molar-refractivity contribution < 1.29 is 0 Å². The van der Waals surface area contributed by atoms with Gasteiger partial charge in [0, 0.05) is 13.6 Å². The van der Waals surface area contributed by atoms with Gasteiger partial charge in [0.2, 0.25) is 0 Å². The van der Waals surface area contributed by atoms with Crippen molar-refractivity contribution in [2.75, 3.05) is 0 Å². The van der Waals surface area contributed by atoms with E-state index in [2.05, 4.69) is 81.8 Å². The number of rotatable bonds is 3. The predicted octanol–water partition coefficient (Wildman–Crippen LogP) is 4.47. The fourth-order valence-corrected chi connectivity index (χ4v) is 2.73. The Bertz CT molecular complexity index is 534. The van der Waals surface area contributed by atoms with Crippen molar-refractivity contribution in [3.05, 3.63) is 67.7 Å². The summed E-state index contributed by atoms with van der Waals surface area (Å²) in [5, 5.41) is 0. The Balaban J connectivity index is 2.23. The monoisotopic (exact) mass is 415 g/mol. The van der Waals surface area contributed by atoms with E-state index in [1.165, 1.54) is 9.13 Å². The molecule has 0 saturated carbocycles. The average Bonchev–Trinajstić information content (AvgIpc) is 2.32. The molecule has 0 heterocycles. The van der Waals surface area contributed by atoms with E-state index in [9.17, 15) is 0 Å². The van der Waals surface area contributed by atoms with Gasteiger partial charge in [-0.15, -0.1) is 0 Å². The minimum atomic E-state index is -0.351. The van der Waals surface area contributed by atoms with Crippen molar-refractivity contribution in [2.45, 2.75) is 18.9 Å². The van der Waals surface area contributed by atoms with E-state index < -0.39 is 0 Å². The maximum Gasteiger partial charge on any atom is 0.0422 e. The molecular weight excluding hydrogens is 401 g/mol. The van der Waals surface area contributed by atoms with Gasteiger partial charge in [0.15, 0.2) is 0 Å². The third kappa shape index (κ3) is 3.56. The van der Waals surface area contributed by atoms with Crippen LogP contribution in [0.2, 0.25) is 0 Å². The third-order valence-electron chi connectivity index (χ3n) is 2.97.